The molecular weight excluding hydrogens is 314 g/mol. The molecule has 0 atom stereocenters. The predicted octanol–water partition coefficient (Wildman–Crippen LogP) is 2.53. The number of nitrogens with zero attached hydrogens (tertiary/aromatic N) is 1. The van der Waals surface area contributed by atoms with E-state index in [1.807, 2.05) is 0 Å². The van der Waals surface area contributed by atoms with Gasteiger partial charge < -0.3 is 4.74 Å². The maximum absolute atomic E-state index is 12.0. The van der Waals surface area contributed by atoms with Crippen molar-refractivity contribution < 1.29 is 17.9 Å². The number of aromatic nitrogens is 1. The molecule has 116 valence electrons. The lowest BCUT2D eigenvalue weighted by Gasteiger charge is -2.10. The van der Waals surface area contributed by atoms with Crippen molar-refractivity contribution in [3.63, 3.8) is 0 Å². The van der Waals surface area contributed by atoms with Crippen LogP contribution in [-0.4, -0.2) is 30.4 Å². The summed E-state index contributed by atoms with van der Waals surface area (Å²) in [5.74, 6) is -0.637. The number of esters is 1. The van der Waals surface area contributed by atoms with Crippen molar-refractivity contribution >= 4 is 27.4 Å². The molecule has 0 N–H and O–H groups in total. The molecular formula is C14H18ClNO4S. The first-order valence-electron chi connectivity index (χ1n) is 6.95. The van der Waals surface area contributed by atoms with Gasteiger partial charge in [-0.25, -0.2) is 13.4 Å². The van der Waals surface area contributed by atoms with Gasteiger partial charge in [0.25, 0.3) is 0 Å². The van der Waals surface area contributed by atoms with Crippen LogP contribution in [0.5, 0.6) is 0 Å². The third-order valence-corrected chi connectivity index (χ3v) is 6.07. The number of sulfone groups is 1. The number of ether oxygens (including phenoxy) is 1. The number of carbonyl (C=O) groups is 1. The fourth-order valence-electron chi connectivity index (χ4n) is 2.37. The van der Waals surface area contributed by atoms with Gasteiger partial charge in [0.05, 0.1) is 17.4 Å². The second-order valence-electron chi connectivity index (χ2n) is 5.17. The summed E-state index contributed by atoms with van der Waals surface area (Å²) < 4.78 is 29.1. The van der Waals surface area contributed by atoms with E-state index in [1.54, 1.807) is 12.1 Å². The van der Waals surface area contributed by atoms with Gasteiger partial charge in [0.1, 0.15) is 11.8 Å². The fourth-order valence-corrected chi connectivity index (χ4v) is 4.32. The second-order valence-corrected chi connectivity index (χ2v) is 7.96. The van der Waals surface area contributed by atoms with Crippen molar-refractivity contribution in [1.29, 1.82) is 0 Å². The van der Waals surface area contributed by atoms with Crippen molar-refractivity contribution in [2.75, 3.05) is 5.75 Å². The highest BCUT2D eigenvalue weighted by molar-refractivity contribution is 7.92. The average Bonchev–Trinajstić information content (AvgIpc) is 3.00. The number of hydrogen-bond donors (Lipinski definition) is 0. The minimum absolute atomic E-state index is 0.0759. The molecule has 2 rings (SSSR count). The Kier molecular flexibility index (Phi) is 5.58. The van der Waals surface area contributed by atoms with Crippen LogP contribution in [-0.2, 0) is 26.0 Å². The van der Waals surface area contributed by atoms with Crippen LogP contribution < -0.4 is 0 Å². The molecule has 0 aromatic carbocycles. The first-order valence-corrected chi connectivity index (χ1v) is 9.04. The second kappa shape index (κ2) is 7.22. The molecule has 1 saturated carbocycles. The molecule has 0 spiro atoms. The standard InChI is InChI=1S/C14H18ClNO4S/c15-13-6-5-11(9-16-13)10-20-14(17)7-8-21(18,19)12-3-1-2-4-12/h5-6,9,12H,1-4,7-8,10H2. The molecule has 0 unspecified atom stereocenters. The third kappa shape index (κ3) is 4.97. The maximum Gasteiger partial charge on any atom is 0.307 e. The molecule has 1 heterocycles. The van der Waals surface area contributed by atoms with Gasteiger partial charge in [0.15, 0.2) is 9.84 Å². The van der Waals surface area contributed by atoms with Crippen LogP contribution in [0.4, 0.5) is 0 Å². The molecule has 5 nitrogen and oxygen atoms in total. The number of halogens is 1. The molecule has 1 aliphatic carbocycles. The maximum atomic E-state index is 12.0. The van der Waals surface area contributed by atoms with Crippen molar-refractivity contribution in [3.8, 4) is 0 Å². The van der Waals surface area contributed by atoms with Crippen LogP contribution in [0.3, 0.4) is 0 Å². The molecule has 7 heteroatoms. The zero-order chi connectivity index (χ0) is 15.3. The molecule has 0 amide bonds. The minimum Gasteiger partial charge on any atom is -0.461 e. The van der Waals surface area contributed by atoms with Gasteiger partial charge in [-0.05, 0) is 18.9 Å². The van der Waals surface area contributed by atoms with Crippen molar-refractivity contribution in [3.05, 3.63) is 29.0 Å². The van der Waals surface area contributed by atoms with Gasteiger partial charge in [-0.3, -0.25) is 4.79 Å². The quantitative estimate of drug-likeness (QED) is 0.591. The number of hydrogen-bond acceptors (Lipinski definition) is 5. The highest BCUT2D eigenvalue weighted by Crippen LogP contribution is 2.25. The Balaban J connectivity index is 1.75. The van der Waals surface area contributed by atoms with E-state index in [0.717, 1.165) is 12.8 Å². The van der Waals surface area contributed by atoms with Crippen molar-refractivity contribution in [2.45, 2.75) is 44.0 Å². The largest absolute Gasteiger partial charge is 0.461 e. The zero-order valence-electron chi connectivity index (χ0n) is 11.6. The Labute approximate surface area is 129 Å². The summed E-state index contributed by atoms with van der Waals surface area (Å²) >= 11 is 5.65. The smallest absolute Gasteiger partial charge is 0.307 e. The first kappa shape index (κ1) is 16.2. The van der Waals surface area contributed by atoms with Gasteiger partial charge >= 0.3 is 5.97 Å². The van der Waals surface area contributed by atoms with Crippen LogP contribution in [0.1, 0.15) is 37.7 Å². The van der Waals surface area contributed by atoms with E-state index in [-0.39, 0.29) is 24.0 Å². The van der Waals surface area contributed by atoms with Gasteiger partial charge in [-0.1, -0.05) is 30.5 Å². The summed E-state index contributed by atoms with van der Waals surface area (Å²) in [7, 11) is -3.17. The normalized spacial score (nSPS) is 16.0. The summed E-state index contributed by atoms with van der Waals surface area (Å²) in [6, 6.07) is 3.31. The highest BCUT2D eigenvalue weighted by Gasteiger charge is 2.29. The molecule has 0 bridgehead atoms. The fraction of sp³-hybridized carbons (Fsp3) is 0.571. The topological polar surface area (TPSA) is 73.3 Å². The van der Waals surface area contributed by atoms with E-state index >= 15 is 0 Å². The third-order valence-electron chi connectivity index (χ3n) is 3.59. The van der Waals surface area contributed by atoms with Gasteiger partial charge in [0, 0.05) is 11.8 Å². The molecule has 1 aliphatic rings. The highest BCUT2D eigenvalue weighted by atomic mass is 35.5. The average molecular weight is 332 g/mol. The first-order chi connectivity index (χ1) is 9.97. The SMILES string of the molecule is O=C(CCS(=O)(=O)C1CCCC1)OCc1ccc(Cl)nc1. The van der Waals surface area contributed by atoms with E-state index in [2.05, 4.69) is 4.98 Å². The van der Waals surface area contributed by atoms with E-state index in [0.29, 0.717) is 23.6 Å². The number of carbonyl (C=O) groups excluding carboxylic acids is 1. The molecule has 1 aromatic heterocycles. The Morgan fingerprint density at radius 3 is 2.67 bits per heavy atom. The van der Waals surface area contributed by atoms with Crippen LogP contribution in [0.15, 0.2) is 18.3 Å². The Bertz CT molecular complexity index is 579. The van der Waals surface area contributed by atoms with Crippen molar-refractivity contribution in [1.82, 2.24) is 4.98 Å². The number of rotatable bonds is 6. The summed E-state index contributed by atoms with van der Waals surface area (Å²) in [6.45, 7) is 0.0759. The Morgan fingerprint density at radius 1 is 1.33 bits per heavy atom. The van der Waals surface area contributed by atoms with E-state index in [4.69, 9.17) is 16.3 Å². The van der Waals surface area contributed by atoms with Crippen LogP contribution >= 0.6 is 11.6 Å². The van der Waals surface area contributed by atoms with Crippen molar-refractivity contribution in [2.24, 2.45) is 0 Å². The van der Waals surface area contributed by atoms with Gasteiger partial charge in [-0.2, -0.15) is 0 Å². The summed E-state index contributed by atoms with van der Waals surface area (Å²) in [6.07, 6.45) is 4.77. The van der Waals surface area contributed by atoms with Crippen LogP contribution in [0.25, 0.3) is 0 Å². The zero-order valence-corrected chi connectivity index (χ0v) is 13.2. The van der Waals surface area contributed by atoms with Crippen LogP contribution in [0, 0.1) is 0 Å². The minimum atomic E-state index is -3.17. The summed E-state index contributed by atoms with van der Waals surface area (Å²) in [5.41, 5.74) is 0.714. The lowest BCUT2D eigenvalue weighted by molar-refractivity contribution is -0.144. The molecule has 1 aromatic rings. The molecule has 0 saturated heterocycles. The Morgan fingerprint density at radius 2 is 2.05 bits per heavy atom. The van der Waals surface area contributed by atoms with Gasteiger partial charge in [0.2, 0.25) is 0 Å². The lowest BCUT2D eigenvalue weighted by Crippen LogP contribution is -2.23. The summed E-state index contributed by atoms with van der Waals surface area (Å²) in [4.78, 5) is 15.5. The monoisotopic (exact) mass is 331 g/mol. The van der Waals surface area contributed by atoms with Gasteiger partial charge in [-0.15, -0.1) is 0 Å². The predicted molar refractivity (Wildman–Crippen MR) is 79.7 cm³/mol. The van der Waals surface area contributed by atoms with E-state index < -0.39 is 15.8 Å². The Hall–Kier alpha value is -1.14. The van der Waals surface area contributed by atoms with E-state index in [1.165, 1.54) is 6.20 Å². The molecule has 0 aliphatic heterocycles. The number of pyridine rings is 1. The van der Waals surface area contributed by atoms with E-state index in [9.17, 15) is 13.2 Å². The van der Waals surface area contributed by atoms with Crippen LogP contribution in [0.2, 0.25) is 5.15 Å². The molecule has 0 radical (unpaired) electrons. The molecule has 1 fully saturated rings. The lowest BCUT2D eigenvalue weighted by atomic mass is 10.3. The summed E-state index contributed by atoms with van der Waals surface area (Å²) in [5, 5.41) is 0.0958. The molecule has 21 heavy (non-hydrogen) atoms.